The number of carbonyl (C=O) groups excluding carboxylic acids is 1. The van der Waals surface area contributed by atoms with E-state index in [1.807, 2.05) is 47.2 Å². The molecule has 1 amide bonds. The van der Waals surface area contributed by atoms with Crippen molar-refractivity contribution in [3.05, 3.63) is 88.1 Å². The van der Waals surface area contributed by atoms with E-state index in [1.165, 1.54) is 17.0 Å². The van der Waals surface area contributed by atoms with Crippen LogP contribution in [0.1, 0.15) is 21.5 Å². The van der Waals surface area contributed by atoms with Crippen molar-refractivity contribution in [2.75, 3.05) is 11.4 Å². The molecular formula is C21H19NO4S. The Morgan fingerprint density at radius 3 is 2.33 bits per heavy atom. The van der Waals surface area contributed by atoms with Crippen LogP contribution in [0.25, 0.3) is 0 Å². The van der Waals surface area contributed by atoms with Gasteiger partial charge in [-0.15, -0.1) is 0 Å². The molecule has 0 atom stereocenters. The normalized spacial score (nSPS) is 10.4. The van der Waals surface area contributed by atoms with Crippen LogP contribution in [0, 0.1) is 0 Å². The molecule has 1 N–H and O–H groups in total. The SMILES string of the molecule is O=C(O)c1ccc(N(CCc2ccsc2)C(=O)OCc2ccccc2)cc1. The fourth-order valence-electron chi connectivity index (χ4n) is 2.58. The van der Waals surface area contributed by atoms with E-state index in [2.05, 4.69) is 0 Å². The molecule has 138 valence electrons. The molecule has 0 radical (unpaired) electrons. The number of nitrogens with zero attached hydrogens (tertiary/aromatic N) is 1. The van der Waals surface area contributed by atoms with Crippen molar-refractivity contribution in [2.45, 2.75) is 13.0 Å². The molecule has 27 heavy (non-hydrogen) atoms. The molecule has 0 saturated heterocycles. The van der Waals surface area contributed by atoms with Crippen LogP contribution in [0.2, 0.25) is 0 Å². The number of carbonyl (C=O) groups is 2. The quantitative estimate of drug-likeness (QED) is 0.636. The monoisotopic (exact) mass is 381 g/mol. The highest BCUT2D eigenvalue weighted by atomic mass is 32.1. The van der Waals surface area contributed by atoms with Gasteiger partial charge in [-0.05, 0) is 58.6 Å². The van der Waals surface area contributed by atoms with Gasteiger partial charge in [-0.25, -0.2) is 9.59 Å². The zero-order valence-corrected chi connectivity index (χ0v) is 15.4. The summed E-state index contributed by atoms with van der Waals surface area (Å²) in [5, 5.41) is 13.1. The van der Waals surface area contributed by atoms with E-state index >= 15 is 0 Å². The van der Waals surface area contributed by atoms with Gasteiger partial charge >= 0.3 is 12.1 Å². The highest BCUT2D eigenvalue weighted by molar-refractivity contribution is 7.07. The second kappa shape index (κ2) is 9.00. The zero-order chi connectivity index (χ0) is 19.1. The minimum atomic E-state index is -1.00. The lowest BCUT2D eigenvalue weighted by Gasteiger charge is -2.22. The summed E-state index contributed by atoms with van der Waals surface area (Å²) in [7, 11) is 0. The maximum absolute atomic E-state index is 12.7. The minimum Gasteiger partial charge on any atom is -0.478 e. The molecule has 0 aliphatic rings. The number of amides is 1. The number of carboxylic acid groups (broad SMARTS) is 1. The Morgan fingerprint density at radius 1 is 0.963 bits per heavy atom. The lowest BCUT2D eigenvalue weighted by atomic mass is 10.2. The maximum atomic E-state index is 12.7. The maximum Gasteiger partial charge on any atom is 0.414 e. The molecular weight excluding hydrogens is 362 g/mol. The van der Waals surface area contributed by atoms with E-state index in [0.717, 1.165) is 11.1 Å². The molecule has 0 saturated carbocycles. The summed E-state index contributed by atoms with van der Waals surface area (Å²) in [6.45, 7) is 0.624. The minimum absolute atomic E-state index is 0.175. The number of benzene rings is 2. The Labute approximate surface area is 161 Å². The zero-order valence-electron chi connectivity index (χ0n) is 14.6. The molecule has 1 heterocycles. The first-order valence-electron chi connectivity index (χ1n) is 8.46. The Bertz CT molecular complexity index is 876. The van der Waals surface area contributed by atoms with Gasteiger partial charge in [0, 0.05) is 12.2 Å². The van der Waals surface area contributed by atoms with Crippen LogP contribution in [0.5, 0.6) is 0 Å². The number of anilines is 1. The van der Waals surface area contributed by atoms with Crippen LogP contribution in [-0.2, 0) is 17.8 Å². The Morgan fingerprint density at radius 2 is 1.70 bits per heavy atom. The summed E-state index contributed by atoms with van der Waals surface area (Å²) >= 11 is 1.61. The van der Waals surface area contributed by atoms with Gasteiger partial charge in [0.15, 0.2) is 0 Å². The van der Waals surface area contributed by atoms with Gasteiger partial charge in [0.1, 0.15) is 6.61 Å². The van der Waals surface area contributed by atoms with Crippen LogP contribution >= 0.6 is 11.3 Å². The summed E-state index contributed by atoms with van der Waals surface area (Å²) in [6.07, 6.45) is 0.224. The van der Waals surface area contributed by atoms with Crippen LogP contribution in [-0.4, -0.2) is 23.7 Å². The van der Waals surface area contributed by atoms with E-state index < -0.39 is 12.1 Å². The molecule has 3 rings (SSSR count). The fraction of sp³-hybridized carbons (Fsp3) is 0.143. The summed E-state index contributed by atoms with van der Waals surface area (Å²) in [5.74, 6) is -1.00. The third-order valence-corrected chi connectivity index (χ3v) is 4.79. The predicted octanol–water partition coefficient (Wildman–Crippen LogP) is 4.83. The van der Waals surface area contributed by atoms with Crippen molar-refractivity contribution < 1.29 is 19.4 Å². The third kappa shape index (κ3) is 5.18. The molecule has 6 heteroatoms. The average Bonchev–Trinajstić information content (AvgIpc) is 3.21. The second-order valence-electron chi connectivity index (χ2n) is 5.93. The van der Waals surface area contributed by atoms with Gasteiger partial charge in [-0.2, -0.15) is 11.3 Å². The molecule has 0 aliphatic carbocycles. The smallest absolute Gasteiger partial charge is 0.414 e. The lowest BCUT2D eigenvalue weighted by Crippen LogP contribution is -2.33. The second-order valence-corrected chi connectivity index (χ2v) is 6.71. The number of ether oxygens (including phenoxy) is 1. The molecule has 1 aromatic heterocycles. The molecule has 0 aliphatic heterocycles. The van der Waals surface area contributed by atoms with Crippen LogP contribution < -0.4 is 4.90 Å². The van der Waals surface area contributed by atoms with E-state index in [0.29, 0.717) is 18.7 Å². The van der Waals surface area contributed by atoms with Crippen LogP contribution in [0.3, 0.4) is 0 Å². The highest BCUT2D eigenvalue weighted by Crippen LogP contribution is 2.19. The first-order valence-corrected chi connectivity index (χ1v) is 9.40. The first kappa shape index (κ1) is 18.7. The summed E-state index contributed by atoms with van der Waals surface area (Å²) in [6, 6.07) is 17.7. The van der Waals surface area contributed by atoms with E-state index in [-0.39, 0.29) is 12.2 Å². The Balaban J connectivity index is 1.73. The summed E-state index contributed by atoms with van der Waals surface area (Å²) in [4.78, 5) is 25.3. The third-order valence-electron chi connectivity index (χ3n) is 4.06. The van der Waals surface area contributed by atoms with E-state index in [9.17, 15) is 9.59 Å². The van der Waals surface area contributed by atoms with Crippen molar-refractivity contribution in [3.63, 3.8) is 0 Å². The van der Waals surface area contributed by atoms with Gasteiger partial charge in [0.2, 0.25) is 0 Å². The number of thiophene rings is 1. The number of hydrogen-bond donors (Lipinski definition) is 1. The van der Waals surface area contributed by atoms with Crippen molar-refractivity contribution >= 4 is 29.1 Å². The number of aromatic carboxylic acids is 1. The van der Waals surface area contributed by atoms with Crippen molar-refractivity contribution in [1.82, 2.24) is 0 Å². The number of carboxylic acids is 1. The van der Waals surface area contributed by atoms with Crippen molar-refractivity contribution in [1.29, 1.82) is 0 Å². The molecule has 0 unspecified atom stereocenters. The van der Waals surface area contributed by atoms with Crippen molar-refractivity contribution in [2.24, 2.45) is 0 Å². The fourth-order valence-corrected chi connectivity index (χ4v) is 3.29. The largest absolute Gasteiger partial charge is 0.478 e. The molecule has 2 aromatic carbocycles. The predicted molar refractivity (Wildman–Crippen MR) is 105 cm³/mol. The van der Waals surface area contributed by atoms with Gasteiger partial charge in [-0.1, -0.05) is 30.3 Å². The van der Waals surface area contributed by atoms with Gasteiger partial charge < -0.3 is 9.84 Å². The standard InChI is InChI=1S/C21H19NO4S/c23-20(24)18-6-8-19(9-7-18)22(12-10-17-11-13-27-15-17)21(25)26-14-16-4-2-1-3-5-16/h1-9,11,13,15H,10,12,14H2,(H,23,24). The van der Waals surface area contributed by atoms with E-state index in [1.54, 1.807) is 23.5 Å². The van der Waals surface area contributed by atoms with Gasteiger partial charge in [-0.3, -0.25) is 4.90 Å². The van der Waals surface area contributed by atoms with Gasteiger partial charge in [0.25, 0.3) is 0 Å². The van der Waals surface area contributed by atoms with Crippen molar-refractivity contribution in [3.8, 4) is 0 Å². The molecule has 0 fully saturated rings. The number of rotatable bonds is 7. The van der Waals surface area contributed by atoms with Crippen LogP contribution in [0.4, 0.5) is 10.5 Å². The Hall–Kier alpha value is -3.12. The van der Waals surface area contributed by atoms with Crippen LogP contribution in [0.15, 0.2) is 71.4 Å². The highest BCUT2D eigenvalue weighted by Gasteiger charge is 2.18. The average molecular weight is 381 g/mol. The number of hydrogen-bond acceptors (Lipinski definition) is 4. The molecule has 3 aromatic rings. The summed E-state index contributed by atoms with van der Waals surface area (Å²) in [5.41, 5.74) is 2.83. The molecule has 0 spiro atoms. The first-order chi connectivity index (χ1) is 13.1. The summed E-state index contributed by atoms with van der Waals surface area (Å²) < 4.78 is 5.47. The molecule has 5 nitrogen and oxygen atoms in total. The topological polar surface area (TPSA) is 66.8 Å². The Kier molecular flexibility index (Phi) is 6.22. The van der Waals surface area contributed by atoms with E-state index in [4.69, 9.17) is 9.84 Å². The lowest BCUT2D eigenvalue weighted by molar-refractivity contribution is 0.0697. The molecule has 0 bridgehead atoms. The van der Waals surface area contributed by atoms with Gasteiger partial charge in [0.05, 0.1) is 5.56 Å².